The van der Waals surface area contributed by atoms with Gasteiger partial charge in [0.1, 0.15) is 5.78 Å². The van der Waals surface area contributed by atoms with E-state index in [-0.39, 0.29) is 29.3 Å². The van der Waals surface area contributed by atoms with Crippen molar-refractivity contribution in [2.75, 3.05) is 0 Å². The van der Waals surface area contributed by atoms with Crippen LogP contribution in [0.15, 0.2) is 0 Å². The van der Waals surface area contributed by atoms with Crippen molar-refractivity contribution in [3.05, 3.63) is 0 Å². The molecule has 2 atom stereocenters. The van der Waals surface area contributed by atoms with Crippen LogP contribution in [0.1, 0.15) is 72.1 Å². The average molecular weight is 310 g/mol. The minimum atomic E-state index is -0.789. The van der Waals surface area contributed by atoms with E-state index in [9.17, 15) is 14.7 Å². The Labute approximate surface area is 133 Å². The van der Waals surface area contributed by atoms with E-state index in [1.807, 2.05) is 0 Å². The fourth-order valence-electron chi connectivity index (χ4n) is 4.03. The van der Waals surface area contributed by atoms with Crippen molar-refractivity contribution < 1.29 is 19.4 Å². The van der Waals surface area contributed by atoms with Gasteiger partial charge in [-0.15, -0.1) is 0 Å². The predicted octanol–water partition coefficient (Wildman–Crippen LogP) is 3.82. The molecule has 0 aromatic carbocycles. The molecule has 2 aliphatic carbocycles. The number of carboxylic acids is 1. The van der Waals surface area contributed by atoms with Gasteiger partial charge in [-0.05, 0) is 59.3 Å². The largest absolute Gasteiger partial charge is 0.481 e. The van der Waals surface area contributed by atoms with Crippen LogP contribution >= 0.6 is 0 Å². The number of ketones is 1. The van der Waals surface area contributed by atoms with Crippen molar-refractivity contribution in [3.8, 4) is 0 Å². The van der Waals surface area contributed by atoms with Crippen LogP contribution in [-0.2, 0) is 14.3 Å². The van der Waals surface area contributed by atoms with Gasteiger partial charge in [0.15, 0.2) is 0 Å². The number of carbonyl (C=O) groups is 2. The summed E-state index contributed by atoms with van der Waals surface area (Å²) in [6, 6.07) is 0. The average Bonchev–Trinajstić information content (AvgIpc) is 2.45. The molecular formula is C18H30O4. The number of ether oxygens (including phenoxy) is 1. The monoisotopic (exact) mass is 310 g/mol. The summed E-state index contributed by atoms with van der Waals surface area (Å²) in [5, 5.41) is 9.35. The summed E-state index contributed by atoms with van der Waals surface area (Å²) in [6.07, 6.45) is 7.12. The highest BCUT2D eigenvalue weighted by Crippen LogP contribution is 2.37. The summed E-state index contributed by atoms with van der Waals surface area (Å²) in [7, 11) is 0. The molecule has 22 heavy (non-hydrogen) atoms. The molecule has 0 saturated heterocycles. The molecule has 1 N–H and O–H groups in total. The third kappa shape index (κ3) is 4.55. The first-order valence-electron chi connectivity index (χ1n) is 8.72. The lowest BCUT2D eigenvalue weighted by atomic mass is 9.71. The van der Waals surface area contributed by atoms with E-state index in [4.69, 9.17) is 4.74 Å². The second-order valence-electron chi connectivity index (χ2n) is 7.94. The van der Waals surface area contributed by atoms with Crippen molar-refractivity contribution in [3.63, 3.8) is 0 Å². The molecule has 0 aromatic heterocycles. The maximum absolute atomic E-state index is 12.8. The van der Waals surface area contributed by atoms with Gasteiger partial charge in [-0.2, -0.15) is 0 Å². The molecule has 2 fully saturated rings. The molecule has 2 aliphatic rings. The number of hydrogen-bond acceptors (Lipinski definition) is 3. The topological polar surface area (TPSA) is 63.6 Å². The normalized spacial score (nSPS) is 33.4. The van der Waals surface area contributed by atoms with Crippen LogP contribution in [0.2, 0.25) is 0 Å². The SMILES string of the molecule is CC(C)(C)OC1CCC(C(=O)C2CCCCC2C(=O)O)CC1. The number of Topliss-reactive ketones (excluding diaryl/α,β-unsaturated/α-hetero) is 1. The Kier molecular flexibility index (Phi) is 5.65. The maximum Gasteiger partial charge on any atom is 0.307 e. The molecule has 0 heterocycles. The summed E-state index contributed by atoms with van der Waals surface area (Å²) in [5.74, 6) is -1.24. The van der Waals surface area contributed by atoms with Gasteiger partial charge in [0.05, 0.1) is 17.6 Å². The summed E-state index contributed by atoms with van der Waals surface area (Å²) in [6.45, 7) is 6.18. The van der Waals surface area contributed by atoms with E-state index in [2.05, 4.69) is 20.8 Å². The first-order valence-corrected chi connectivity index (χ1v) is 8.72. The molecule has 0 aromatic rings. The molecule has 2 unspecified atom stereocenters. The molecule has 0 aliphatic heterocycles. The molecule has 0 spiro atoms. The van der Waals surface area contributed by atoms with Gasteiger partial charge < -0.3 is 9.84 Å². The minimum absolute atomic E-state index is 0.0461. The van der Waals surface area contributed by atoms with Crippen LogP contribution in [0.5, 0.6) is 0 Å². The quantitative estimate of drug-likeness (QED) is 0.857. The van der Waals surface area contributed by atoms with Gasteiger partial charge in [0, 0.05) is 11.8 Å². The van der Waals surface area contributed by atoms with E-state index < -0.39 is 11.9 Å². The van der Waals surface area contributed by atoms with E-state index >= 15 is 0 Å². The fourth-order valence-corrected chi connectivity index (χ4v) is 4.03. The third-order valence-corrected chi connectivity index (χ3v) is 5.05. The Bertz CT molecular complexity index is 402. The van der Waals surface area contributed by atoms with Gasteiger partial charge in [-0.3, -0.25) is 9.59 Å². The van der Waals surface area contributed by atoms with Crippen molar-refractivity contribution in [1.29, 1.82) is 0 Å². The van der Waals surface area contributed by atoms with Crippen LogP contribution in [0.3, 0.4) is 0 Å². The Morgan fingerprint density at radius 3 is 1.95 bits per heavy atom. The van der Waals surface area contributed by atoms with Gasteiger partial charge in [-0.1, -0.05) is 12.8 Å². The van der Waals surface area contributed by atoms with E-state index in [1.54, 1.807) is 0 Å². The standard InChI is InChI=1S/C18H30O4/c1-18(2,3)22-13-10-8-12(9-11-13)16(19)14-6-4-5-7-15(14)17(20)21/h12-15H,4-11H2,1-3H3,(H,20,21). The van der Waals surface area contributed by atoms with Crippen molar-refractivity contribution in [1.82, 2.24) is 0 Å². The van der Waals surface area contributed by atoms with Gasteiger partial charge >= 0.3 is 5.97 Å². The van der Waals surface area contributed by atoms with E-state index in [0.29, 0.717) is 6.42 Å². The zero-order valence-electron chi connectivity index (χ0n) is 14.1. The summed E-state index contributed by atoms with van der Waals surface area (Å²) >= 11 is 0. The lowest BCUT2D eigenvalue weighted by molar-refractivity contribution is -0.150. The summed E-state index contributed by atoms with van der Waals surface area (Å²) in [5.41, 5.74) is -0.140. The van der Waals surface area contributed by atoms with Crippen molar-refractivity contribution in [2.24, 2.45) is 17.8 Å². The van der Waals surface area contributed by atoms with Crippen molar-refractivity contribution in [2.45, 2.75) is 83.8 Å². The van der Waals surface area contributed by atoms with Crippen LogP contribution in [0, 0.1) is 17.8 Å². The predicted molar refractivity (Wildman–Crippen MR) is 84.7 cm³/mol. The molecule has 2 rings (SSSR count). The lowest BCUT2D eigenvalue weighted by Crippen LogP contribution is -2.38. The molecular weight excluding hydrogens is 280 g/mol. The van der Waals surface area contributed by atoms with Crippen LogP contribution in [-0.4, -0.2) is 28.6 Å². The molecule has 0 radical (unpaired) electrons. The van der Waals surface area contributed by atoms with Crippen LogP contribution in [0.4, 0.5) is 0 Å². The van der Waals surface area contributed by atoms with Gasteiger partial charge in [0.2, 0.25) is 0 Å². The summed E-state index contributed by atoms with van der Waals surface area (Å²) < 4.78 is 6.01. The molecule has 0 bridgehead atoms. The second-order valence-corrected chi connectivity index (χ2v) is 7.94. The zero-order chi connectivity index (χ0) is 16.3. The lowest BCUT2D eigenvalue weighted by Gasteiger charge is -2.35. The number of hydrogen-bond donors (Lipinski definition) is 1. The summed E-state index contributed by atoms with van der Waals surface area (Å²) in [4.78, 5) is 24.1. The maximum atomic E-state index is 12.8. The Morgan fingerprint density at radius 2 is 1.45 bits per heavy atom. The van der Waals surface area contributed by atoms with Crippen LogP contribution in [0.25, 0.3) is 0 Å². The van der Waals surface area contributed by atoms with Crippen LogP contribution < -0.4 is 0 Å². The highest BCUT2D eigenvalue weighted by molar-refractivity contribution is 5.88. The Morgan fingerprint density at radius 1 is 0.909 bits per heavy atom. The number of aliphatic carboxylic acids is 1. The molecule has 0 amide bonds. The van der Waals surface area contributed by atoms with E-state index in [1.165, 1.54) is 0 Å². The highest BCUT2D eigenvalue weighted by Gasteiger charge is 2.39. The molecule has 126 valence electrons. The van der Waals surface area contributed by atoms with Gasteiger partial charge in [-0.25, -0.2) is 0 Å². The fraction of sp³-hybridized carbons (Fsp3) is 0.889. The Hall–Kier alpha value is -0.900. The number of carboxylic acid groups (broad SMARTS) is 1. The molecule has 4 heteroatoms. The first kappa shape index (κ1) is 17.5. The first-order chi connectivity index (χ1) is 10.3. The van der Waals surface area contributed by atoms with Crippen molar-refractivity contribution >= 4 is 11.8 Å². The minimum Gasteiger partial charge on any atom is -0.481 e. The smallest absolute Gasteiger partial charge is 0.307 e. The molecule has 2 saturated carbocycles. The third-order valence-electron chi connectivity index (χ3n) is 5.05. The Balaban J connectivity index is 1.90. The zero-order valence-corrected chi connectivity index (χ0v) is 14.1. The van der Waals surface area contributed by atoms with Gasteiger partial charge in [0.25, 0.3) is 0 Å². The van der Waals surface area contributed by atoms with E-state index in [0.717, 1.165) is 44.9 Å². The highest BCUT2D eigenvalue weighted by atomic mass is 16.5. The number of carbonyl (C=O) groups excluding carboxylic acids is 1. The number of rotatable bonds is 4. The molecule has 4 nitrogen and oxygen atoms in total. The second kappa shape index (κ2) is 7.12.